The maximum atomic E-state index is 13.1. The van der Waals surface area contributed by atoms with Gasteiger partial charge in [0.25, 0.3) is 0 Å². The van der Waals surface area contributed by atoms with Crippen LogP contribution in [-0.2, 0) is 21.9 Å². The predicted octanol–water partition coefficient (Wildman–Crippen LogP) is 5.21. The Morgan fingerprint density at radius 3 is 2.53 bits per heavy atom. The van der Waals surface area contributed by atoms with Gasteiger partial charge in [0.15, 0.2) is 0 Å². The lowest BCUT2D eigenvalue weighted by Gasteiger charge is -2.29. The first-order valence-electron chi connectivity index (χ1n) is 10.3. The SMILES string of the molecule is CC[C@@H](C)NC(=O)[C@@H](C)N(Cc1cccc(Cl)c1)C(=O)CSCc1ccccc1C. The largest absolute Gasteiger partial charge is 0.352 e. The first kappa shape index (κ1) is 24.3. The number of benzene rings is 2. The van der Waals surface area contributed by atoms with Gasteiger partial charge in [-0.25, -0.2) is 0 Å². The highest BCUT2D eigenvalue weighted by Gasteiger charge is 2.26. The molecular weight excluding hydrogens is 416 g/mol. The van der Waals surface area contributed by atoms with E-state index in [1.165, 1.54) is 11.1 Å². The zero-order chi connectivity index (χ0) is 22.1. The second kappa shape index (κ2) is 12.0. The quantitative estimate of drug-likeness (QED) is 0.544. The number of amides is 2. The third-order valence-corrected chi connectivity index (χ3v) is 6.36. The van der Waals surface area contributed by atoms with Crippen LogP contribution in [0.5, 0.6) is 0 Å². The molecule has 4 nitrogen and oxygen atoms in total. The number of nitrogens with zero attached hydrogens (tertiary/aromatic N) is 1. The zero-order valence-corrected chi connectivity index (χ0v) is 19.7. The monoisotopic (exact) mass is 446 g/mol. The molecule has 1 N–H and O–H groups in total. The first-order chi connectivity index (χ1) is 14.3. The second-order valence-corrected chi connectivity index (χ2v) is 8.99. The third kappa shape index (κ3) is 7.37. The lowest BCUT2D eigenvalue weighted by Crippen LogP contribution is -2.50. The van der Waals surface area contributed by atoms with Crippen LogP contribution in [0.4, 0.5) is 0 Å². The number of carbonyl (C=O) groups is 2. The predicted molar refractivity (Wildman–Crippen MR) is 127 cm³/mol. The van der Waals surface area contributed by atoms with Crippen molar-refractivity contribution in [3.63, 3.8) is 0 Å². The number of carbonyl (C=O) groups excluding carboxylic acids is 2. The smallest absolute Gasteiger partial charge is 0.242 e. The van der Waals surface area contributed by atoms with Crippen molar-refractivity contribution in [1.29, 1.82) is 0 Å². The fourth-order valence-electron chi connectivity index (χ4n) is 2.98. The van der Waals surface area contributed by atoms with Crippen LogP contribution in [0.2, 0.25) is 5.02 Å². The van der Waals surface area contributed by atoms with Gasteiger partial charge in [-0.1, -0.05) is 54.9 Å². The summed E-state index contributed by atoms with van der Waals surface area (Å²) in [5.74, 6) is 0.885. The Morgan fingerprint density at radius 1 is 1.13 bits per heavy atom. The molecule has 2 amide bonds. The lowest BCUT2D eigenvalue weighted by molar-refractivity contribution is -0.138. The Kier molecular flexibility index (Phi) is 9.73. The van der Waals surface area contributed by atoms with Gasteiger partial charge in [0.2, 0.25) is 11.8 Å². The Balaban J connectivity index is 2.09. The van der Waals surface area contributed by atoms with Crippen LogP contribution in [0.3, 0.4) is 0 Å². The molecule has 0 aromatic heterocycles. The molecule has 0 aliphatic rings. The third-order valence-electron chi connectivity index (χ3n) is 5.15. The van der Waals surface area contributed by atoms with E-state index in [1.54, 1.807) is 29.7 Å². The van der Waals surface area contributed by atoms with Gasteiger partial charge in [0.1, 0.15) is 6.04 Å². The van der Waals surface area contributed by atoms with Crippen molar-refractivity contribution >= 4 is 35.2 Å². The lowest BCUT2D eigenvalue weighted by atomic mass is 10.1. The minimum atomic E-state index is -0.565. The minimum absolute atomic E-state index is 0.0552. The summed E-state index contributed by atoms with van der Waals surface area (Å²) in [6.45, 7) is 8.19. The van der Waals surface area contributed by atoms with Gasteiger partial charge in [-0.3, -0.25) is 9.59 Å². The summed E-state index contributed by atoms with van der Waals surface area (Å²) in [7, 11) is 0. The number of aryl methyl sites for hydroxylation is 1. The molecule has 6 heteroatoms. The number of thioether (sulfide) groups is 1. The van der Waals surface area contributed by atoms with Gasteiger partial charge in [0, 0.05) is 23.4 Å². The van der Waals surface area contributed by atoms with Crippen LogP contribution >= 0.6 is 23.4 Å². The fraction of sp³-hybridized carbons (Fsp3) is 0.417. The normalized spacial score (nSPS) is 12.8. The molecule has 0 fully saturated rings. The molecular formula is C24H31ClN2O2S. The summed E-state index contributed by atoms with van der Waals surface area (Å²) < 4.78 is 0. The highest BCUT2D eigenvalue weighted by atomic mass is 35.5. The molecule has 0 aliphatic carbocycles. The molecule has 0 bridgehead atoms. The van der Waals surface area contributed by atoms with E-state index < -0.39 is 6.04 Å². The molecule has 2 aromatic rings. The standard InChI is InChI=1S/C24H31ClN2O2S/c1-5-18(3)26-24(29)19(4)27(14-20-10-8-12-22(25)13-20)23(28)16-30-15-21-11-7-6-9-17(21)2/h6-13,18-19H,5,14-16H2,1-4H3,(H,26,29)/t18-,19-/m1/s1. The number of halogens is 1. The zero-order valence-electron chi connectivity index (χ0n) is 18.2. The van der Waals surface area contributed by atoms with Gasteiger partial charge in [-0.2, -0.15) is 0 Å². The molecule has 0 unspecified atom stereocenters. The summed E-state index contributed by atoms with van der Waals surface area (Å²) >= 11 is 7.69. The molecule has 162 valence electrons. The van der Waals surface area contributed by atoms with Gasteiger partial charge >= 0.3 is 0 Å². The topological polar surface area (TPSA) is 49.4 Å². The molecule has 0 spiro atoms. The maximum absolute atomic E-state index is 13.1. The van der Waals surface area contributed by atoms with Gasteiger partial charge < -0.3 is 10.2 Å². The summed E-state index contributed by atoms with van der Waals surface area (Å²) in [6, 6.07) is 15.1. The van der Waals surface area contributed by atoms with Gasteiger partial charge in [0.05, 0.1) is 5.75 Å². The molecule has 0 saturated heterocycles. The molecule has 30 heavy (non-hydrogen) atoms. The van der Waals surface area contributed by atoms with Crippen LogP contribution in [0.25, 0.3) is 0 Å². The van der Waals surface area contributed by atoms with Crippen molar-refractivity contribution < 1.29 is 9.59 Å². The Hall–Kier alpha value is -1.98. The second-order valence-electron chi connectivity index (χ2n) is 7.56. The summed E-state index contributed by atoms with van der Waals surface area (Å²) in [5.41, 5.74) is 3.34. The van der Waals surface area contributed by atoms with E-state index >= 15 is 0 Å². The first-order valence-corrected chi connectivity index (χ1v) is 11.8. The summed E-state index contributed by atoms with van der Waals surface area (Å²) in [6.07, 6.45) is 0.840. The van der Waals surface area contributed by atoms with Crippen LogP contribution in [-0.4, -0.2) is 34.6 Å². The van der Waals surface area contributed by atoms with Crippen molar-refractivity contribution in [2.45, 2.75) is 58.5 Å². The van der Waals surface area contributed by atoms with E-state index in [4.69, 9.17) is 11.6 Å². The van der Waals surface area contributed by atoms with Gasteiger partial charge in [-0.15, -0.1) is 11.8 Å². The van der Waals surface area contributed by atoms with Crippen LogP contribution in [0.1, 0.15) is 43.9 Å². The Labute approximate surface area is 189 Å². The fourth-order valence-corrected chi connectivity index (χ4v) is 4.18. The van der Waals surface area contributed by atoms with E-state index in [9.17, 15) is 9.59 Å². The van der Waals surface area contributed by atoms with E-state index in [0.29, 0.717) is 17.3 Å². The van der Waals surface area contributed by atoms with Crippen LogP contribution in [0.15, 0.2) is 48.5 Å². The molecule has 0 aliphatic heterocycles. The number of nitrogens with one attached hydrogen (secondary N) is 1. The average molecular weight is 447 g/mol. The molecule has 2 aromatic carbocycles. The summed E-state index contributed by atoms with van der Waals surface area (Å²) in [4.78, 5) is 27.5. The van der Waals surface area contributed by atoms with E-state index in [2.05, 4.69) is 24.4 Å². The number of rotatable bonds is 10. The number of hydrogen-bond donors (Lipinski definition) is 1. The average Bonchev–Trinajstić information content (AvgIpc) is 2.72. The van der Waals surface area contributed by atoms with Gasteiger partial charge in [-0.05, 0) is 56.0 Å². The van der Waals surface area contributed by atoms with E-state index in [1.807, 2.05) is 44.2 Å². The van der Waals surface area contributed by atoms with Crippen molar-refractivity contribution in [2.75, 3.05) is 5.75 Å². The maximum Gasteiger partial charge on any atom is 0.242 e. The molecule has 0 heterocycles. The van der Waals surface area contributed by atoms with Crippen LogP contribution < -0.4 is 5.32 Å². The molecule has 0 saturated carbocycles. The van der Waals surface area contributed by atoms with Crippen molar-refractivity contribution in [2.24, 2.45) is 0 Å². The summed E-state index contributed by atoms with van der Waals surface area (Å²) in [5, 5.41) is 3.60. The van der Waals surface area contributed by atoms with E-state index in [0.717, 1.165) is 17.7 Å². The molecule has 0 radical (unpaired) electrons. The van der Waals surface area contributed by atoms with Crippen molar-refractivity contribution in [1.82, 2.24) is 10.2 Å². The van der Waals surface area contributed by atoms with E-state index in [-0.39, 0.29) is 17.9 Å². The van der Waals surface area contributed by atoms with Crippen molar-refractivity contribution in [3.05, 3.63) is 70.2 Å². The highest BCUT2D eigenvalue weighted by molar-refractivity contribution is 7.99. The number of hydrogen-bond acceptors (Lipinski definition) is 3. The van der Waals surface area contributed by atoms with Crippen molar-refractivity contribution in [3.8, 4) is 0 Å². The minimum Gasteiger partial charge on any atom is -0.352 e. The Bertz CT molecular complexity index is 859. The molecule has 2 atom stereocenters. The highest BCUT2D eigenvalue weighted by Crippen LogP contribution is 2.19. The Morgan fingerprint density at radius 2 is 1.87 bits per heavy atom. The molecule has 2 rings (SSSR count). The van der Waals surface area contributed by atoms with Crippen LogP contribution in [0, 0.1) is 6.92 Å².